The van der Waals surface area contributed by atoms with E-state index in [1.165, 1.54) is 0 Å². The number of nitrogens with zero attached hydrogens (tertiary/aromatic N) is 4. The summed E-state index contributed by atoms with van der Waals surface area (Å²) in [4.78, 5) is 4.43. The number of nitriles is 1. The average molecular weight is 276 g/mol. The van der Waals surface area contributed by atoms with Crippen LogP contribution in [-0.4, -0.2) is 14.8 Å². The van der Waals surface area contributed by atoms with Crippen LogP contribution in [-0.2, 0) is 12.5 Å². The summed E-state index contributed by atoms with van der Waals surface area (Å²) in [5.41, 5.74) is 3.29. The lowest BCUT2D eigenvalue weighted by Gasteiger charge is -2.14. The first-order valence-electron chi connectivity index (χ1n) is 6.81. The topological polar surface area (TPSA) is 54.5 Å². The Balaban J connectivity index is 2.01. The summed E-state index contributed by atoms with van der Waals surface area (Å²) in [5, 5.41) is 14.7. The van der Waals surface area contributed by atoms with Gasteiger partial charge in [0.05, 0.1) is 22.7 Å². The molecule has 0 amide bonds. The summed E-state index contributed by atoms with van der Waals surface area (Å²) in [7, 11) is 1.92. The molecule has 3 aromatic rings. The van der Waals surface area contributed by atoms with Gasteiger partial charge < -0.3 is 0 Å². The summed E-state index contributed by atoms with van der Waals surface area (Å²) in [5.74, 6) is 0. The van der Waals surface area contributed by atoms with Crippen molar-refractivity contribution in [3.05, 3.63) is 48.4 Å². The zero-order chi connectivity index (χ0) is 15.0. The molecular weight excluding hydrogens is 260 g/mol. The molecule has 0 bridgehead atoms. The Labute approximate surface area is 123 Å². The molecule has 0 aliphatic heterocycles. The van der Waals surface area contributed by atoms with E-state index in [0.717, 1.165) is 27.7 Å². The predicted octanol–water partition coefficient (Wildman–Crippen LogP) is 3.44. The van der Waals surface area contributed by atoms with Crippen molar-refractivity contribution in [2.24, 2.45) is 7.05 Å². The zero-order valence-corrected chi connectivity index (χ0v) is 12.3. The van der Waals surface area contributed by atoms with Crippen LogP contribution in [0.15, 0.2) is 42.7 Å². The van der Waals surface area contributed by atoms with E-state index in [1.807, 2.05) is 50.1 Å². The molecule has 0 spiro atoms. The van der Waals surface area contributed by atoms with E-state index < -0.39 is 5.41 Å². The summed E-state index contributed by atoms with van der Waals surface area (Å²) in [6, 6.07) is 12.4. The van der Waals surface area contributed by atoms with Crippen LogP contribution in [0.25, 0.3) is 22.0 Å². The Morgan fingerprint density at radius 3 is 2.57 bits per heavy atom. The lowest BCUT2D eigenvalue weighted by molar-refractivity contribution is 0.660. The summed E-state index contributed by atoms with van der Waals surface area (Å²) >= 11 is 0. The van der Waals surface area contributed by atoms with Gasteiger partial charge in [-0.05, 0) is 31.5 Å². The molecule has 104 valence electrons. The standard InChI is InChI=1S/C17H16N4/c1-17(2,11-18)16-7-6-13(9-19-16)12-4-5-14-10-21(3)20-15(14)8-12/h4-10H,1-3H3. The largest absolute Gasteiger partial charge is 0.275 e. The predicted molar refractivity (Wildman–Crippen MR) is 82.6 cm³/mol. The Kier molecular flexibility index (Phi) is 2.99. The van der Waals surface area contributed by atoms with Gasteiger partial charge in [0, 0.05) is 30.4 Å². The molecule has 0 aliphatic rings. The minimum absolute atomic E-state index is 0.566. The Morgan fingerprint density at radius 1 is 1.14 bits per heavy atom. The molecule has 0 unspecified atom stereocenters. The fourth-order valence-electron chi connectivity index (χ4n) is 2.31. The first-order chi connectivity index (χ1) is 9.99. The van der Waals surface area contributed by atoms with E-state index in [2.05, 4.69) is 34.4 Å². The molecule has 4 heteroatoms. The van der Waals surface area contributed by atoms with E-state index in [-0.39, 0.29) is 0 Å². The smallest absolute Gasteiger partial charge is 0.0937 e. The molecular formula is C17H16N4. The highest BCUT2D eigenvalue weighted by Crippen LogP contribution is 2.26. The SMILES string of the molecule is Cn1cc2ccc(-c3ccc(C(C)(C)C#N)nc3)cc2n1. The van der Waals surface area contributed by atoms with Gasteiger partial charge in [-0.2, -0.15) is 10.4 Å². The van der Waals surface area contributed by atoms with Crippen molar-refractivity contribution in [1.29, 1.82) is 5.26 Å². The van der Waals surface area contributed by atoms with E-state index >= 15 is 0 Å². The maximum atomic E-state index is 9.15. The molecule has 0 fully saturated rings. The minimum atomic E-state index is -0.566. The van der Waals surface area contributed by atoms with Crippen LogP contribution in [0, 0.1) is 11.3 Å². The fourth-order valence-corrected chi connectivity index (χ4v) is 2.31. The first-order valence-corrected chi connectivity index (χ1v) is 6.81. The van der Waals surface area contributed by atoms with Crippen LogP contribution in [0.3, 0.4) is 0 Å². The van der Waals surface area contributed by atoms with Crippen LogP contribution in [0.5, 0.6) is 0 Å². The van der Waals surface area contributed by atoms with Crippen molar-refractivity contribution < 1.29 is 0 Å². The lowest BCUT2D eigenvalue weighted by Crippen LogP contribution is -2.15. The number of pyridine rings is 1. The molecule has 0 N–H and O–H groups in total. The van der Waals surface area contributed by atoms with Gasteiger partial charge in [-0.15, -0.1) is 0 Å². The molecule has 0 saturated heterocycles. The summed E-state index contributed by atoms with van der Waals surface area (Å²) in [6.07, 6.45) is 3.81. The molecule has 0 saturated carbocycles. The van der Waals surface area contributed by atoms with Gasteiger partial charge in [-0.1, -0.05) is 18.2 Å². The third-order valence-electron chi connectivity index (χ3n) is 3.64. The third-order valence-corrected chi connectivity index (χ3v) is 3.64. The van der Waals surface area contributed by atoms with Crippen molar-refractivity contribution in [3.63, 3.8) is 0 Å². The Hall–Kier alpha value is -2.67. The number of aryl methyl sites for hydroxylation is 1. The second-order valence-electron chi connectivity index (χ2n) is 5.75. The minimum Gasteiger partial charge on any atom is -0.275 e. The van der Waals surface area contributed by atoms with Crippen LogP contribution in [0.4, 0.5) is 0 Å². The summed E-state index contributed by atoms with van der Waals surface area (Å²) in [6.45, 7) is 3.74. The number of hydrogen-bond donors (Lipinski definition) is 0. The first kappa shape index (κ1) is 13.3. The zero-order valence-electron chi connectivity index (χ0n) is 12.3. The number of benzene rings is 1. The van der Waals surface area contributed by atoms with E-state index in [1.54, 1.807) is 0 Å². The maximum absolute atomic E-state index is 9.15. The highest BCUT2D eigenvalue weighted by atomic mass is 15.2. The number of rotatable bonds is 2. The monoisotopic (exact) mass is 276 g/mol. The summed E-state index contributed by atoms with van der Waals surface area (Å²) < 4.78 is 1.81. The van der Waals surface area contributed by atoms with E-state index in [9.17, 15) is 0 Å². The van der Waals surface area contributed by atoms with Gasteiger partial charge in [-0.25, -0.2) is 0 Å². The van der Waals surface area contributed by atoms with Gasteiger partial charge in [-0.3, -0.25) is 9.67 Å². The molecule has 0 radical (unpaired) electrons. The number of hydrogen-bond acceptors (Lipinski definition) is 3. The molecule has 21 heavy (non-hydrogen) atoms. The van der Waals surface area contributed by atoms with Crippen LogP contribution in [0.1, 0.15) is 19.5 Å². The number of aromatic nitrogens is 3. The van der Waals surface area contributed by atoms with Crippen LogP contribution >= 0.6 is 0 Å². The second kappa shape index (κ2) is 4.71. The molecule has 0 aliphatic carbocycles. The normalized spacial score (nSPS) is 11.5. The molecule has 0 atom stereocenters. The van der Waals surface area contributed by atoms with Gasteiger partial charge in [0.15, 0.2) is 0 Å². The average Bonchev–Trinajstić information content (AvgIpc) is 2.86. The van der Waals surface area contributed by atoms with Crippen LogP contribution < -0.4 is 0 Å². The van der Waals surface area contributed by atoms with Gasteiger partial charge in [0.25, 0.3) is 0 Å². The molecule has 4 nitrogen and oxygen atoms in total. The fraction of sp³-hybridized carbons (Fsp3) is 0.235. The van der Waals surface area contributed by atoms with Crippen molar-refractivity contribution in [1.82, 2.24) is 14.8 Å². The van der Waals surface area contributed by atoms with Crippen molar-refractivity contribution in [3.8, 4) is 17.2 Å². The van der Waals surface area contributed by atoms with Gasteiger partial charge in [0.1, 0.15) is 0 Å². The maximum Gasteiger partial charge on any atom is 0.0937 e. The quantitative estimate of drug-likeness (QED) is 0.720. The Morgan fingerprint density at radius 2 is 1.90 bits per heavy atom. The molecule has 3 rings (SSSR count). The van der Waals surface area contributed by atoms with Gasteiger partial charge in [0.2, 0.25) is 0 Å². The molecule has 1 aromatic carbocycles. The molecule has 2 aromatic heterocycles. The van der Waals surface area contributed by atoms with Gasteiger partial charge >= 0.3 is 0 Å². The highest BCUT2D eigenvalue weighted by Gasteiger charge is 2.21. The lowest BCUT2D eigenvalue weighted by atomic mass is 9.90. The number of fused-ring (bicyclic) bond motifs is 1. The van der Waals surface area contributed by atoms with Crippen LogP contribution in [0.2, 0.25) is 0 Å². The molecule has 2 heterocycles. The van der Waals surface area contributed by atoms with Crippen molar-refractivity contribution >= 4 is 10.9 Å². The Bertz CT molecular complexity index is 835. The van der Waals surface area contributed by atoms with Crippen molar-refractivity contribution in [2.45, 2.75) is 19.3 Å². The second-order valence-corrected chi connectivity index (χ2v) is 5.75. The third kappa shape index (κ3) is 2.38. The van der Waals surface area contributed by atoms with E-state index in [4.69, 9.17) is 5.26 Å². The van der Waals surface area contributed by atoms with Crippen molar-refractivity contribution in [2.75, 3.05) is 0 Å². The van der Waals surface area contributed by atoms with E-state index in [0.29, 0.717) is 0 Å². The highest BCUT2D eigenvalue weighted by molar-refractivity contribution is 5.83.